The zero-order chi connectivity index (χ0) is 28.4. The highest BCUT2D eigenvalue weighted by molar-refractivity contribution is 5.83. The summed E-state index contributed by atoms with van der Waals surface area (Å²) in [6.45, 7) is -1.06. The maximum Gasteiger partial charge on any atom is 0.402 e. The summed E-state index contributed by atoms with van der Waals surface area (Å²) in [6.07, 6.45) is -3.74. The smallest absolute Gasteiger partial charge is 0.402 e. The monoisotopic (exact) mass is 552 g/mol. The Morgan fingerprint density at radius 1 is 1.07 bits per heavy atom. The number of benzene rings is 3. The first-order chi connectivity index (χ1) is 19.2. The first kappa shape index (κ1) is 27.7. The summed E-state index contributed by atoms with van der Waals surface area (Å²) in [5.41, 5.74) is 5.30. The summed E-state index contributed by atoms with van der Waals surface area (Å²) in [6, 6.07) is 21.2. The van der Waals surface area contributed by atoms with E-state index in [1.807, 2.05) is 66.7 Å². The lowest BCUT2D eigenvalue weighted by molar-refractivity contribution is -0.196. The number of methoxy groups -OCH3 is 1. The van der Waals surface area contributed by atoms with E-state index in [2.05, 4.69) is 5.32 Å². The van der Waals surface area contributed by atoms with Crippen molar-refractivity contribution in [2.24, 2.45) is 11.8 Å². The van der Waals surface area contributed by atoms with Crippen molar-refractivity contribution in [2.75, 3.05) is 20.3 Å². The molecule has 3 aromatic carbocycles. The molecule has 1 heterocycles. The molecule has 2 amide bonds. The van der Waals surface area contributed by atoms with Crippen molar-refractivity contribution in [3.05, 3.63) is 89.0 Å². The maximum absolute atomic E-state index is 13.4. The van der Waals surface area contributed by atoms with Crippen LogP contribution in [0.5, 0.6) is 5.75 Å². The second kappa shape index (κ2) is 11.3. The average molecular weight is 553 g/mol. The van der Waals surface area contributed by atoms with Gasteiger partial charge in [0.25, 0.3) is 0 Å². The van der Waals surface area contributed by atoms with E-state index in [0.29, 0.717) is 12.2 Å². The number of ether oxygens (including phenoxy) is 1. The molecule has 210 valence electrons. The standard InChI is InChI=1S/C31H31F3N2O4/c1-40-22-9-5-8-20(14-22)23-11-10-21(16-35-29(38)26-15-25(26)19-6-3-2-4-7-19)27-17-36(13-12-24(23)27)30(39)28(18-37)31(32,33)34/h2-11,14,25-26,28,37H,12-13,15-18H2,1H3,(H,35,38). The van der Waals surface area contributed by atoms with Gasteiger partial charge in [-0.15, -0.1) is 0 Å². The number of alkyl halides is 3. The molecule has 9 heteroatoms. The number of hydrogen-bond acceptors (Lipinski definition) is 4. The maximum atomic E-state index is 13.4. The first-order valence-electron chi connectivity index (χ1n) is 13.3. The van der Waals surface area contributed by atoms with Crippen LogP contribution in [-0.4, -0.2) is 48.3 Å². The lowest BCUT2D eigenvalue weighted by Crippen LogP contribution is -2.46. The van der Waals surface area contributed by atoms with E-state index < -0.39 is 24.6 Å². The van der Waals surface area contributed by atoms with Crippen molar-refractivity contribution in [1.82, 2.24) is 10.2 Å². The highest BCUT2D eigenvalue weighted by atomic mass is 19.4. The molecule has 2 aliphatic rings. The molecular formula is C31H31F3N2O4. The van der Waals surface area contributed by atoms with Gasteiger partial charge >= 0.3 is 6.18 Å². The van der Waals surface area contributed by atoms with Gasteiger partial charge in [0.15, 0.2) is 5.92 Å². The SMILES string of the molecule is COc1cccc(-c2ccc(CNC(=O)C3CC3c3ccccc3)c3c2CCN(C(=O)C(CO)C(F)(F)F)C3)c1. The number of carbonyl (C=O) groups excluding carboxylic acids is 2. The van der Waals surface area contributed by atoms with Crippen LogP contribution in [0.3, 0.4) is 0 Å². The molecular weight excluding hydrogens is 521 g/mol. The Morgan fingerprint density at radius 3 is 2.55 bits per heavy atom. The molecule has 3 unspecified atom stereocenters. The van der Waals surface area contributed by atoms with E-state index in [-0.39, 0.29) is 37.4 Å². The minimum atomic E-state index is -4.84. The van der Waals surface area contributed by atoms with Crippen molar-refractivity contribution in [2.45, 2.75) is 38.0 Å². The largest absolute Gasteiger partial charge is 0.497 e. The number of aliphatic hydroxyl groups excluding tert-OH is 1. The van der Waals surface area contributed by atoms with Crippen LogP contribution < -0.4 is 10.1 Å². The number of amides is 2. The van der Waals surface area contributed by atoms with E-state index in [9.17, 15) is 27.9 Å². The number of nitrogens with one attached hydrogen (secondary N) is 1. The van der Waals surface area contributed by atoms with Crippen LogP contribution in [0.1, 0.15) is 34.6 Å². The molecule has 0 spiro atoms. The van der Waals surface area contributed by atoms with E-state index >= 15 is 0 Å². The van der Waals surface area contributed by atoms with E-state index in [4.69, 9.17) is 4.74 Å². The summed E-state index contributed by atoms with van der Waals surface area (Å²) in [5, 5.41) is 12.3. The third-order valence-corrected chi connectivity index (χ3v) is 7.89. The number of rotatable bonds is 8. The van der Waals surface area contributed by atoms with E-state index in [1.54, 1.807) is 7.11 Å². The Kier molecular flexibility index (Phi) is 7.85. The summed E-state index contributed by atoms with van der Waals surface area (Å²) in [7, 11) is 1.57. The van der Waals surface area contributed by atoms with Crippen LogP contribution in [0.2, 0.25) is 0 Å². The lowest BCUT2D eigenvalue weighted by atomic mass is 9.87. The van der Waals surface area contributed by atoms with Crippen molar-refractivity contribution in [3.8, 4) is 16.9 Å². The average Bonchev–Trinajstić information content (AvgIpc) is 3.77. The molecule has 40 heavy (non-hydrogen) atoms. The summed E-state index contributed by atoms with van der Waals surface area (Å²) >= 11 is 0. The van der Waals surface area contributed by atoms with Gasteiger partial charge in [-0.3, -0.25) is 9.59 Å². The fourth-order valence-electron chi connectivity index (χ4n) is 5.56. The Bertz CT molecular complexity index is 1390. The minimum Gasteiger partial charge on any atom is -0.497 e. The molecule has 0 aromatic heterocycles. The normalized spacial score (nSPS) is 19.0. The quantitative estimate of drug-likeness (QED) is 0.420. The predicted octanol–water partition coefficient (Wildman–Crippen LogP) is 4.84. The number of hydrogen-bond donors (Lipinski definition) is 2. The van der Waals surface area contributed by atoms with Gasteiger partial charge in [-0.1, -0.05) is 54.6 Å². The summed E-state index contributed by atoms with van der Waals surface area (Å²) in [5.74, 6) is -2.96. The Hall–Kier alpha value is -3.85. The van der Waals surface area contributed by atoms with Crippen LogP contribution in [0, 0.1) is 11.8 Å². The zero-order valence-electron chi connectivity index (χ0n) is 22.1. The highest BCUT2D eigenvalue weighted by Gasteiger charge is 2.47. The second-order valence-corrected chi connectivity index (χ2v) is 10.3. The lowest BCUT2D eigenvalue weighted by Gasteiger charge is -2.34. The van der Waals surface area contributed by atoms with Gasteiger partial charge in [-0.25, -0.2) is 0 Å². The molecule has 0 saturated heterocycles. The van der Waals surface area contributed by atoms with Gasteiger partial charge in [-0.05, 0) is 64.3 Å². The highest BCUT2D eigenvalue weighted by Crippen LogP contribution is 2.47. The fraction of sp³-hybridized carbons (Fsp3) is 0.355. The zero-order valence-corrected chi connectivity index (χ0v) is 22.1. The van der Waals surface area contributed by atoms with Crippen LogP contribution in [0.15, 0.2) is 66.7 Å². The Morgan fingerprint density at radius 2 is 1.85 bits per heavy atom. The third-order valence-electron chi connectivity index (χ3n) is 7.89. The van der Waals surface area contributed by atoms with Crippen LogP contribution in [0.25, 0.3) is 11.1 Å². The van der Waals surface area contributed by atoms with Gasteiger partial charge in [0.1, 0.15) is 5.75 Å². The first-order valence-corrected chi connectivity index (χ1v) is 13.3. The molecule has 3 atom stereocenters. The van der Waals surface area contributed by atoms with Crippen LogP contribution >= 0.6 is 0 Å². The van der Waals surface area contributed by atoms with Crippen molar-refractivity contribution in [3.63, 3.8) is 0 Å². The van der Waals surface area contributed by atoms with Gasteiger partial charge in [0.2, 0.25) is 11.8 Å². The fourth-order valence-corrected chi connectivity index (χ4v) is 5.56. The molecule has 3 aromatic rings. The molecule has 1 aliphatic carbocycles. The summed E-state index contributed by atoms with van der Waals surface area (Å²) in [4.78, 5) is 26.9. The number of nitrogens with zero attached hydrogens (tertiary/aromatic N) is 1. The number of halogens is 3. The molecule has 6 nitrogen and oxygen atoms in total. The van der Waals surface area contributed by atoms with Crippen LogP contribution in [-0.2, 0) is 29.1 Å². The van der Waals surface area contributed by atoms with E-state index in [0.717, 1.165) is 44.7 Å². The van der Waals surface area contributed by atoms with Gasteiger partial charge < -0.3 is 20.1 Å². The van der Waals surface area contributed by atoms with E-state index in [1.165, 1.54) is 0 Å². The molecule has 1 fully saturated rings. The minimum absolute atomic E-state index is 0.0418. The second-order valence-electron chi connectivity index (χ2n) is 10.3. The summed E-state index contributed by atoms with van der Waals surface area (Å²) < 4.78 is 45.7. The van der Waals surface area contributed by atoms with Crippen molar-refractivity contribution < 1.29 is 32.6 Å². The van der Waals surface area contributed by atoms with Gasteiger partial charge in [0, 0.05) is 25.6 Å². The molecule has 2 N–H and O–H groups in total. The number of aliphatic hydroxyl groups is 1. The van der Waals surface area contributed by atoms with Crippen LogP contribution in [0.4, 0.5) is 13.2 Å². The molecule has 1 saturated carbocycles. The topological polar surface area (TPSA) is 78.9 Å². The van der Waals surface area contributed by atoms with Crippen molar-refractivity contribution >= 4 is 11.8 Å². The Balaban J connectivity index is 1.41. The molecule has 1 aliphatic heterocycles. The van der Waals surface area contributed by atoms with Gasteiger partial charge in [-0.2, -0.15) is 13.2 Å². The Labute approximate surface area is 230 Å². The third kappa shape index (κ3) is 5.70. The number of fused-ring (bicyclic) bond motifs is 1. The molecule has 5 rings (SSSR count). The van der Waals surface area contributed by atoms with Crippen molar-refractivity contribution in [1.29, 1.82) is 0 Å². The van der Waals surface area contributed by atoms with Gasteiger partial charge in [0.05, 0.1) is 13.7 Å². The predicted molar refractivity (Wildman–Crippen MR) is 143 cm³/mol. The molecule has 0 radical (unpaired) electrons. The number of carbonyl (C=O) groups is 2. The molecule has 0 bridgehead atoms.